The summed E-state index contributed by atoms with van der Waals surface area (Å²) in [6.45, 7) is 34.1. The fourth-order valence-electron chi connectivity index (χ4n) is 3.68. The molecule has 0 spiro atoms. The highest BCUT2D eigenvalue weighted by Gasteiger charge is 2.44. The SMILES string of the molecule is CC1(C)CCC(C)(C)C(O[Si](C)(C)C)=C1O[Si](C)(C)C.CCOC(=O)C(C)(C)CCC(C)(C)C(C)=O. The van der Waals surface area contributed by atoms with Gasteiger partial charge in [-0.3, -0.25) is 9.59 Å². The summed E-state index contributed by atoms with van der Waals surface area (Å²) in [6.07, 6.45) is 3.70. The fourth-order valence-corrected chi connectivity index (χ4v) is 5.64. The molecule has 0 amide bonds. The van der Waals surface area contributed by atoms with Gasteiger partial charge in [0.05, 0.1) is 12.0 Å². The number of rotatable bonds is 10. The first-order valence-corrected chi connectivity index (χ1v) is 20.4. The Morgan fingerprint density at radius 2 is 1.08 bits per heavy atom. The maximum atomic E-state index is 11.6. The van der Waals surface area contributed by atoms with E-state index in [0.717, 1.165) is 11.5 Å². The predicted molar refractivity (Wildman–Crippen MR) is 157 cm³/mol. The highest BCUT2D eigenvalue weighted by molar-refractivity contribution is 6.70. The largest absolute Gasteiger partial charge is 0.545 e. The fraction of sp³-hybridized carbons (Fsp3) is 0.862. The highest BCUT2D eigenvalue weighted by atomic mass is 28.4. The normalized spacial score (nSPS) is 18.1. The summed E-state index contributed by atoms with van der Waals surface area (Å²) in [5.41, 5.74) is -0.692. The van der Waals surface area contributed by atoms with E-state index in [1.807, 2.05) is 27.7 Å². The van der Waals surface area contributed by atoms with Crippen LogP contribution in [-0.2, 0) is 23.2 Å². The summed E-state index contributed by atoms with van der Waals surface area (Å²) >= 11 is 0. The van der Waals surface area contributed by atoms with E-state index in [0.29, 0.717) is 19.4 Å². The molecule has 36 heavy (non-hydrogen) atoms. The van der Waals surface area contributed by atoms with Gasteiger partial charge in [-0.1, -0.05) is 41.5 Å². The van der Waals surface area contributed by atoms with Gasteiger partial charge in [0.15, 0.2) is 0 Å². The van der Waals surface area contributed by atoms with Crippen LogP contribution < -0.4 is 0 Å². The van der Waals surface area contributed by atoms with Crippen molar-refractivity contribution in [2.45, 2.75) is 134 Å². The second-order valence-electron chi connectivity index (χ2n) is 14.9. The average molecular weight is 543 g/mol. The second kappa shape index (κ2) is 12.2. The molecule has 0 unspecified atom stereocenters. The molecule has 7 heteroatoms. The van der Waals surface area contributed by atoms with Crippen molar-refractivity contribution in [1.29, 1.82) is 0 Å². The molecule has 0 aromatic heterocycles. The molecule has 1 rings (SSSR count). The molecule has 1 aliphatic rings. The third-order valence-electron chi connectivity index (χ3n) is 6.78. The molecule has 0 heterocycles. The Bertz CT molecular complexity index is 755. The van der Waals surface area contributed by atoms with Crippen LogP contribution in [0.1, 0.15) is 94.9 Å². The number of hydrogen-bond donors (Lipinski definition) is 0. The lowest BCUT2D eigenvalue weighted by Crippen LogP contribution is -2.40. The van der Waals surface area contributed by atoms with Gasteiger partial charge >= 0.3 is 5.97 Å². The van der Waals surface area contributed by atoms with Gasteiger partial charge in [-0.2, -0.15) is 0 Å². The van der Waals surface area contributed by atoms with Gasteiger partial charge in [0.25, 0.3) is 0 Å². The number of hydrogen-bond acceptors (Lipinski definition) is 5. The summed E-state index contributed by atoms with van der Waals surface area (Å²) < 4.78 is 18.0. The summed E-state index contributed by atoms with van der Waals surface area (Å²) in [5.74, 6) is 2.24. The number of ketones is 1. The van der Waals surface area contributed by atoms with Crippen LogP contribution in [0.4, 0.5) is 0 Å². The maximum Gasteiger partial charge on any atom is 0.311 e. The van der Waals surface area contributed by atoms with Crippen LogP contribution in [0.3, 0.4) is 0 Å². The third kappa shape index (κ3) is 11.5. The quantitative estimate of drug-likeness (QED) is 0.204. The molecular weight excluding hydrogens is 484 g/mol. The monoisotopic (exact) mass is 542 g/mol. The number of Topliss-reactive ketones (excluding diaryl/α,β-unsaturated/α-hetero) is 1. The smallest absolute Gasteiger partial charge is 0.311 e. The molecule has 0 fully saturated rings. The molecule has 0 atom stereocenters. The van der Waals surface area contributed by atoms with Crippen LogP contribution in [0.5, 0.6) is 0 Å². The summed E-state index contributed by atoms with van der Waals surface area (Å²) in [7, 11) is -3.27. The Balaban J connectivity index is 0.000000700. The Morgan fingerprint density at radius 1 is 0.750 bits per heavy atom. The van der Waals surface area contributed by atoms with Crippen LogP contribution >= 0.6 is 0 Å². The topological polar surface area (TPSA) is 61.8 Å². The predicted octanol–water partition coefficient (Wildman–Crippen LogP) is 8.72. The average Bonchev–Trinajstić information content (AvgIpc) is 2.66. The Kier molecular flexibility index (Phi) is 11.8. The van der Waals surface area contributed by atoms with Crippen molar-refractivity contribution in [3.63, 3.8) is 0 Å². The maximum absolute atomic E-state index is 11.6. The number of esters is 1. The Morgan fingerprint density at radius 3 is 1.36 bits per heavy atom. The lowest BCUT2D eigenvalue weighted by Gasteiger charge is -2.46. The molecule has 0 aliphatic heterocycles. The van der Waals surface area contributed by atoms with E-state index in [4.69, 9.17) is 13.6 Å². The zero-order valence-corrected chi connectivity index (χ0v) is 28.6. The minimum absolute atomic E-state index is 0.0881. The number of ether oxygens (including phenoxy) is 1. The first-order valence-electron chi connectivity index (χ1n) is 13.6. The van der Waals surface area contributed by atoms with Crippen molar-refractivity contribution in [2.75, 3.05) is 6.61 Å². The Labute approximate surface area is 225 Å². The number of carbonyl (C=O) groups is 2. The standard InChI is InChI=1S/C16H34O2Si2.C13H24O3/c1-15(2)11-12-16(3,4)14(18-20(8,9)10)13(15)17-19(5,6)7;1-7-16-11(15)13(5,6)9-8-12(3,4)10(2)14/h11-12H2,1-10H3;7-9H2,1-6H3. The molecule has 0 bridgehead atoms. The molecule has 0 N–H and O–H groups in total. The van der Waals surface area contributed by atoms with Gasteiger partial charge in [0.2, 0.25) is 16.6 Å². The second-order valence-corrected chi connectivity index (χ2v) is 23.8. The van der Waals surface area contributed by atoms with Crippen molar-refractivity contribution >= 4 is 28.4 Å². The zero-order chi connectivity index (χ0) is 29.0. The van der Waals surface area contributed by atoms with Crippen LogP contribution in [0.2, 0.25) is 39.3 Å². The molecule has 0 radical (unpaired) electrons. The number of allylic oxidation sites excluding steroid dienone is 2. The molecule has 0 aromatic rings. The van der Waals surface area contributed by atoms with Gasteiger partial charge in [0, 0.05) is 16.2 Å². The summed E-state index contributed by atoms with van der Waals surface area (Å²) in [5, 5.41) is 0. The molecule has 0 aromatic carbocycles. The lowest BCUT2D eigenvalue weighted by atomic mass is 9.70. The van der Waals surface area contributed by atoms with Crippen molar-refractivity contribution in [3.05, 3.63) is 11.5 Å². The van der Waals surface area contributed by atoms with Crippen LogP contribution in [0.15, 0.2) is 11.5 Å². The molecule has 1 aliphatic carbocycles. The van der Waals surface area contributed by atoms with Crippen LogP contribution in [0.25, 0.3) is 0 Å². The minimum Gasteiger partial charge on any atom is -0.545 e. The molecule has 212 valence electrons. The van der Waals surface area contributed by atoms with Gasteiger partial charge in [-0.25, -0.2) is 0 Å². The van der Waals surface area contributed by atoms with Crippen LogP contribution in [-0.4, -0.2) is 35.0 Å². The van der Waals surface area contributed by atoms with E-state index < -0.39 is 22.0 Å². The van der Waals surface area contributed by atoms with E-state index in [1.165, 1.54) is 12.8 Å². The van der Waals surface area contributed by atoms with E-state index in [-0.39, 0.29) is 28.0 Å². The summed E-state index contributed by atoms with van der Waals surface area (Å²) in [6, 6.07) is 0. The van der Waals surface area contributed by atoms with Crippen molar-refractivity contribution in [3.8, 4) is 0 Å². The Hall–Kier alpha value is -1.09. The minimum atomic E-state index is -1.64. The van der Waals surface area contributed by atoms with Gasteiger partial charge < -0.3 is 13.6 Å². The molecule has 0 saturated carbocycles. The van der Waals surface area contributed by atoms with Crippen LogP contribution in [0, 0.1) is 21.7 Å². The highest BCUT2D eigenvalue weighted by Crippen LogP contribution is 2.50. The van der Waals surface area contributed by atoms with Gasteiger partial charge in [-0.15, -0.1) is 0 Å². The van der Waals surface area contributed by atoms with Crippen molar-refractivity contribution in [2.24, 2.45) is 21.7 Å². The molecule has 5 nitrogen and oxygen atoms in total. The zero-order valence-electron chi connectivity index (χ0n) is 26.6. The van der Waals surface area contributed by atoms with Crippen molar-refractivity contribution in [1.82, 2.24) is 0 Å². The van der Waals surface area contributed by atoms with E-state index >= 15 is 0 Å². The molecule has 0 saturated heterocycles. The molecular formula is C29H58O5Si2. The van der Waals surface area contributed by atoms with E-state index in [1.54, 1.807) is 13.8 Å². The third-order valence-corrected chi connectivity index (χ3v) is 8.42. The number of carbonyl (C=O) groups excluding carboxylic acids is 2. The van der Waals surface area contributed by atoms with Gasteiger partial charge in [-0.05, 0) is 92.7 Å². The lowest BCUT2D eigenvalue weighted by molar-refractivity contribution is -0.154. The first-order chi connectivity index (χ1) is 15.8. The van der Waals surface area contributed by atoms with Gasteiger partial charge in [0.1, 0.15) is 17.3 Å². The van der Waals surface area contributed by atoms with E-state index in [2.05, 4.69) is 67.0 Å². The van der Waals surface area contributed by atoms with E-state index in [9.17, 15) is 9.59 Å². The van der Waals surface area contributed by atoms with Crippen molar-refractivity contribution < 1.29 is 23.2 Å². The first kappa shape index (κ1) is 34.9. The summed E-state index contributed by atoms with van der Waals surface area (Å²) in [4.78, 5) is 23.0.